The first-order chi connectivity index (χ1) is 3.06. The molecule has 0 saturated heterocycles. The molecule has 0 bridgehead atoms. The summed E-state index contributed by atoms with van der Waals surface area (Å²) in [6.45, 7) is 1.74. The number of hydrogen-bond donors (Lipinski definition) is 0. The average molecular weight is 142 g/mol. The van der Waals surface area contributed by atoms with Gasteiger partial charge in [-0.15, -0.1) is 3.89 Å². The summed E-state index contributed by atoms with van der Waals surface area (Å²) in [5.41, 5.74) is 0. The van der Waals surface area contributed by atoms with Crippen molar-refractivity contribution in [3.63, 3.8) is 0 Å². The van der Waals surface area contributed by atoms with Gasteiger partial charge >= 0.3 is 0 Å². The highest BCUT2D eigenvalue weighted by Gasteiger charge is 1.96. The third-order valence-corrected chi connectivity index (χ3v) is 1.84. The third kappa shape index (κ3) is 6.30. The van der Waals surface area contributed by atoms with Crippen LogP contribution in [0.4, 0.5) is 3.89 Å². The summed E-state index contributed by atoms with van der Waals surface area (Å²) in [4.78, 5) is 0. The fourth-order valence-electron chi connectivity index (χ4n) is 0.244. The zero-order valence-corrected chi connectivity index (χ0v) is 5.65. The van der Waals surface area contributed by atoms with Crippen molar-refractivity contribution >= 4 is 20.1 Å². The summed E-state index contributed by atoms with van der Waals surface area (Å²) in [5.74, 6) is 0.0162. The first-order valence-corrected chi connectivity index (χ1v) is 4.54. The summed E-state index contributed by atoms with van der Waals surface area (Å²) in [7, 11) is -3.34. The van der Waals surface area contributed by atoms with Crippen LogP contribution in [0.15, 0.2) is 0 Å². The van der Waals surface area contributed by atoms with Gasteiger partial charge in [0.1, 0.15) is 0 Å². The maximum atomic E-state index is 11.7. The van der Waals surface area contributed by atoms with Crippen molar-refractivity contribution < 1.29 is 8.09 Å². The summed E-state index contributed by atoms with van der Waals surface area (Å²) < 4.78 is 21.7. The lowest BCUT2D eigenvalue weighted by Crippen LogP contribution is -1.92. The number of rotatable bonds is 2. The van der Waals surface area contributed by atoms with Crippen molar-refractivity contribution in [1.29, 1.82) is 0 Å². The SMILES string of the molecule is CCCS(=O)(F)=S. The smallest absolute Gasteiger partial charge is 0.183 e. The first kappa shape index (κ1) is 7.30. The highest BCUT2D eigenvalue weighted by molar-refractivity contribution is 8.30. The molecule has 0 aliphatic rings. The summed E-state index contributed by atoms with van der Waals surface area (Å²) in [5, 5.41) is 0. The van der Waals surface area contributed by atoms with Crippen LogP contribution in [-0.2, 0) is 20.1 Å². The van der Waals surface area contributed by atoms with E-state index in [1.54, 1.807) is 6.92 Å². The Labute approximate surface area is 47.9 Å². The van der Waals surface area contributed by atoms with Crippen molar-refractivity contribution in [1.82, 2.24) is 0 Å². The Morgan fingerprint density at radius 1 is 1.86 bits per heavy atom. The van der Waals surface area contributed by atoms with E-state index < -0.39 is 8.88 Å². The molecule has 0 aromatic heterocycles. The van der Waals surface area contributed by atoms with Gasteiger partial charge in [-0.1, -0.05) is 6.92 Å². The van der Waals surface area contributed by atoms with Crippen LogP contribution in [0.1, 0.15) is 13.3 Å². The van der Waals surface area contributed by atoms with Gasteiger partial charge in [-0.25, -0.2) is 4.21 Å². The topological polar surface area (TPSA) is 17.1 Å². The molecule has 0 radical (unpaired) electrons. The monoisotopic (exact) mass is 142 g/mol. The van der Waals surface area contributed by atoms with Crippen LogP contribution in [0.25, 0.3) is 0 Å². The Bertz CT molecular complexity index is 126. The van der Waals surface area contributed by atoms with Crippen molar-refractivity contribution in [2.75, 3.05) is 5.75 Å². The van der Waals surface area contributed by atoms with E-state index in [0.717, 1.165) is 0 Å². The molecule has 1 unspecified atom stereocenters. The van der Waals surface area contributed by atoms with Crippen LogP contribution in [0.2, 0.25) is 0 Å². The van der Waals surface area contributed by atoms with E-state index in [4.69, 9.17) is 0 Å². The summed E-state index contributed by atoms with van der Waals surface area (Å²) in [6, 6.07) is 0. The third-order valence-electron chi connectivity index (χ3n) is 0.448. The van der Waals surface area contributed by atoms with Crippen LogP contribution < -0.4 is 0 Å². The van der Waals surface area contributed by atoms with Crippen molar-refractivity contribution in [2.24, 2.45) is 0 Å². The fourth-order valence-corrected chi connectivity index (χ4v) is 1.23. The van der Waals surface area contributed by atoms with Gasteiger partial charge < -0.3 is 0 Å². The van der Waals surface area contributed by atoms with Crippen LogP contribution in [0, 0.1) is 0 Å². The molecule has 0 aliphatic heterocycles. The van der Waals surface area contributed by atoms with Crippen molar-refractivity contribution in [3.05, 3.63) is 0 Å². The maximum Gasteiger partial charge on any atom is 0.183 e. The molecule has 0 amide bonds. The molecule has 0 aliphatic carbocycles. The minimum atomic E-state index is -3.34. The average Bonchev–Trinajstić information content (AvgIpc) is 1.30. The van der Waals surface area contributed by atoms with Crippen LogP contribution >= 0.6 is 0 Å². The van der Waals surface area contributed by atoms with E-state index in [1.807, 2.05) is 0 Å². The van der Waals surface area contributed by atoms with E-state index in [1.165, 1.54) is 0 Å². The quantitative estimate of drug-likeness (QED) is 0.536. The highest BCUT2D eigenvalue weighted by atomic mass is 32.9. The Morgan fingerprint density at radius 3 is 2.29 bits per heavy atom. The van der Waals surface area contributed by atoms with Gasteiger partial charge in [0.15, 0.2) is 8.88 Å². The molecule has 0 heterocycles. The zero-order valence-electron chi connectivity index (χ0n) is 4.02. The molecule has 0 spiro atoms. The Balaban J connectivity index is 3.60. The van der Waals surface area contributed by atoms with E-state index in [-0.39, 0.29) is 5.75 Å². The molecule has 4 heteroatoms. The van der Waals surface area contributed by atoms with Crippen LogP contribution in [0.5, 0.6) is 0 Å². The second kappa shape index (κ2) is 2.57. The largest absolute Gasteiger partial charge is 0.224 e. The predicted molar refractivity (Wildman–Crippen MR) is 31.8 cm³/mol. The lowest BCUT2D eigenvalue weighted by molar-refractivity contribution is 0.645. The molecule has 44 valence electrons. The minimum Gasteiger partial charge on any atom is -0.224 e. The molecule has 1 nitrogen and oxygen atoms in total. The second-order valence-electron chi connectivity index (χ2n) is 1.24. The van der Waals surface area contributed by atoms with Crippen LogP contribution in [0.3, 0.4) is 0 Å². The molecular weight excluding hydrogens is 135 g/mol. The molecule has 0 rings (SSSR count). The highest BCUT2D eigenvalue weighted by Crippen LogP contribution is 1.92. The lowest BCUT2D eigenvalue weighted by atomic mass is 10.6. The van der Waals surface area contributed by atoms with E-state index in [0.29, 0.717) is 6.42 Å². The number of halogens is 1. The number of hydrogen-bond acceptors (Lipinski definition) is 2. The Kier molecular flexibility index (Phi) is 2.68. The van der Waals surface area contributed by atoms with Gasteiger partial charge in [0.2, 0.25) is 0 Å². The minimum absolute atomic E-state index is 0.0162. The normalized spacial score (nSPS) is 18.6. The fraction of sp³-hybridized carbons (Fsp3) is 1.00. The van der Waals surface area contributed by atoms with Crippen molar-refractivity contribution in [3.8, 4) is 0 Å². The van der Waals surface area contributed by atoms with E-state index in [2.05, 4.69) is 11.2 Å². The van der Waals surface area contributed by atoms with Crippen molar-refractivity contribution in [2.45, 2.75) is 13.3 Å². The molecule has 0 aromatic rings. The zero-order chi connectivity index (χ0) is 5.91. The Hall–Kier alpha value is 0.300. The van der Waals surface area contributed by atoms with Gasteiger partial charge in [0.05, 0.1) is 5.75 Å². The summed E-state index contributed by atoms with van der Waals surface area (Å²) >= 11 is 3.95. The standard InChI is InChI=1S/C3H7FOS2/c1-2-3-7(4,5)6/h2-3H2,1H3. The molecule has 0 saturated carbocycles. The van der Waals surface area contributed by atoms with Gasteiger partial charge in [0, 0.05) is 11.2 Å². The van der Waals surface area contributed by atoms with Gasteiger partial charge in [0.25, 0.3) is 0 Å². The molecule has 7 heavy (non-hydrogen) atoms. The van der Waals surface area contributed by atoms with Gasteiger partial charge in [-0.2, -0.15) is 0 Å². The van der Waals surface area contributed by atoms with Crippen LogP contribution in [-0.4, -0.2) is 9.96 Å². The second-order valence-corrected chi connectivity index (χ2v) is 4.22. The van der Waals surface area contributed by atoms with E-state index >= 15 is 0 Å². The predicted octanol–water partition coefficient (Wildman–Crippen LogP) is 1.03. The first-order valence-electron chi connectivity index (χ1n) is 1.98. The maximum absolute atomic E-state index is 11.7. The van der Waals surface area contributed by atoms with Gasteiger partial charge in [-0.3, -0.25) is 0 Å². The molecule has 0 N–H and O–H groups in total. The molecular formula is C3H7FOS2. The van der Waals surface area contributed by atoms with Gasteiger partial charge in [-0.05, 0) is 6.42 Å². The molecule has 1 atom stereocenters. The lowest BCUT2D eigenvalue weighted by Gasteiger charge is -1.86. The molecule has 0 fully saturated rings. The molecule has 0 aromatic carbocycles. The van der Waals surface area contributed by atoms with E-state index in [9.17, 15) is 8.09 Å². The summed E-state index contributed by atoms with van der Waals surface area (Å²) in [6.07, 6.45) is 0.554. The Morgan fingerprint density at radius 2 is 2.29 bits per heavy atom.